The molecular weight excluding hydrogens is 328 g/mol. The van der Waals surface area contributed by atoms with Gasteiger partial charge in [-0.2, -0.15) is 0 Å². The highest BCUT2D eigenvalue weighted by molar-refractivity contribution is 9.10. The molecule has 0 bridgehead atoms. The van der Waals surface area contributed by atoms with Gasteiger partial charge in [0, 0.05) is 9.50 Å². The first-order valence-electron chi connectivity index (χ1n) is 5.05. The second-order valence-corrected chi connectivity index (χ2v) is 6.63. The lowest BCUT2D eigenvalue weighted by Gasteiger charge is -2.09. The second-order valence-electron chi connectivity index (χ2n) is 3.50. The summed E-state index contributed by atoms with van der Waals surface area (Å²) in [4.78, 5) is 0. The van der Waals surface area contributed by atoms with E-state index in [2.05, 4.69) is 26.0 Å². The number of rotatable bonds is 6. The molecule has 17 heavy (non-hydrogen) atoms. The minimum atomic E-state index is -3.31. The molecule has 0 unspecified atom stereocenters. The Labute approximate surface area is 115 Å². The lowest BCUT2D eigenvalue weighted by Crippen LogP contribution is -2.20. The maximum Gasteiger partial charge on any atom is 0.232 e. The van der Waals surface area contributed by atoms with Crippen LogP contribution in [0, 0.1) is 0 Å². The van der Waals surface area contributed by atoms with E-state index in [1.54, 1.807) is 25.2 Å². The summed E-state index contributed by atoms with van der Waals surface area (Å²) in [5, 5.41) is 3.45. The maximum atomic E-state index is 11.7. The molecule has 0 aliphatic rings. The fourth-order valence-electron chi connectivity index (χ4n) is 1.23. The molecule has 1 rings (SSSR count). The molecule has 0 heterocycles. The van der Waals surface area contributed by atoms with Crippen LogP contribution < -0.4 is 10.0 Å². The Kier molecular flexibility index (Phi) is 5.72. The maximum absolute atomic E-state index is 11.7. The summed E-state index contributed by atoms with van der Waals surface area (Å²) in [6, 6.07) is 4.91. The van der Waals surface area contributed by atoms with Gasteiger partial charge in [-0.1, -0.05) is 11.6 Å². The smallest absolute Gasteiger partial charge is 0.232 e. The van der Waals surface area contributed by atoms with E-state index >= 15 is 0 Å². The van der Waals surface area contributed by atoms with Crippen molar-refractivity contribution in [1.82, 2.24) is 5.32 Å². The average Bonchev–Trinajstić information content (AvgIpc) is 2.22. The fraction of sp³-hybridized carbons (Fsp3) is 0.400. The molecule has 4 nitrogen and oxygen atoms in total. The first-order valence-corrected chi connectivity index (χ1v) is 7.87. The summed E-state index contributed by atoms with van der Waals surface area (Å²) in [5.74, 6) is 0.0862. The van der Waals surface area contributed by atoms with Crippen LogP contribution in [-0.4, -0.2) is 27.8 Å². The van der Waals surface area contributed by atoms with Crippen LogP contribution in [0.3, 0.4) is 0 Å². The van der Waals surface area contributed by atoms with Gasteiger partial charge in [0.15, 0.2) is 0 Å². The van der Waals surface area contributed by atoms with E-state index in [0.29, 0.717) is 28.1 Å². The van der Waals surface area contributed by atoms with Crippen molar-refractivity contribution in [2.45, 2.75) is 6.42 Å². The Hall–Kier alpha value is -0.300. The van der Waals surface area contributed by atoms with Crippen molar-refractivity contribution in [3.05, 3.63) is 27.7 Å². The molecule has 1 aromatic rings. The highest BCUT2D eigenvalue weighted by Gasteiger charge is 2.11. The van der Waals surface area contributed by atoms with Crippen LogP contribution in [0.1, 0.15) is 6.42 Å². The van der Waals surface area contributed by atoms with Gasteiger partial charge in [0.2, 0.25) is 10.0 Å². The minimum absolute atomic E-state index is 0.0862. The molecule has 96 valence electrons. The van der Waals surface area contributed by atoms with Gasteiger partial charge in [-0.3, -0.25) is 4.72 Å². The quantitative estimate of drug-likeness (QED) is 0.781. The molecule has 0 aliphatic heterocycles. The highest BCUT2D eigenvalue weighted by Crippen LogP contribution is 2.26. The molecule has 0 atom stereocenters. The summed E-state index contributed by atoms with van der Waals surface area (Å²) in [5.41, 5.74) is 0.499. The van der Waals surface area contributed by atoms with Crippen LogP contribution in [0.2, 0.25) is 5.02 Å². The molecule has 0 fully saturated rings. The van der Waals surface area contributed by atoms with Gasteiger partial charge >= 0.3 is 0 Å². The number of benzene rings is 1. The fourth-order valence-corrected chi connectivity index (χ4v) is 3.28. The highest BCUT2D eigenvalue weighted by atomic mass is 79.9. The molecular formula is C10H14BrClN2O2S. The minimum Gasteiger partial charge on any atom is -0.320 e. The van der Waals surface area contributed by atoms with E-state index in [0.717, 1.165) is 0 Å². The Morgan fingerprint density at radius 2 is 2.12 bits per heavy atom. The van der Waals surface area contributed by atoms with Gasteiger partial charge < -0.3 is 5.32 Å². The van der Waals surface area contributed by atoms with Crippen molar-refractivity contribution in [2.75, 3.05) is 24.1 Å². The van der Waals surface area contributed by atoms with Crippen molar-refractivity contribution in [3.8, 4) is 0 Å². The van der Waals surface area contributed by atoms with Crippen LogP contribution in [0.25, 0.3) is 0 Å². The lowest BCUT2D eigenvalue weighted by atomic mass is 10.3. The van der Waals surface area contributed by atoms with E-state index in [4.69, 9.17) is 11.6 Å². The molecule has 0 aromatic heterocycles. The number of hydrogen-bond donors (Lipinski definition) is 2. The van der Waals surface area contributed by atoms with Crippen LogP contribution >= 0.6 is 27.5 Å². The largest absolute Gasteiger partial charge is 0.320 e. The van der Waals surface area contributed by atoms with Gasteiger partial charge in [0.05, 0.1) is 11.4 Å². The number of anilines is 1. The van der Waals surface area contributed by atoms with E-state index < -0.39 is 10.0 Å². The molecule has 0 saturated carbocycles. The third kappa shape index (κ3) is 5.25. The Balaban J connectivity index is 2.69. The molecule has 0 aliphatic carbocycles. The zero-order chi connectivity index (χ0) is 12.9. The van der Waals surface area contributed by atoms with Gasteiger partial charge in [0.1, 0.15) is 0 Å². The zero-order valence-corrected chi connectivity index (χ0v) is 12.5. The summed E-state index contributed by atoms with van der Waals surface area (Å²) >= 11 is 9.03. The molecule has 0 amide bonds. The molecule has 7 heteroatoms. The van der Waals surface area contributed by atoms with Crippen LogP contribution in [0.15, 0.2) is 22.7 Å². The third-order valence-electron chi connectivity index (χ3n) is 2.04. The van der Waals surface area contributed by atoms with Gasteiger partial charge in [-0.05, 0) is 54.1 Å². The predicted octanol–water partition coefficient (Wildman–Crippen LogP) is 2.45. The Morgan fingerprint density at radius 3 is 2.71 bits per heavy atom. The molecule has 0 radical (unpaired) electrons. The van der Waals surface area contributed by atoms with Gasteiger partial charge in [-0.25, -0.2) is 8.42 Å². The van der Waals surface area contributed by atoms with Gasteiger partial charge in [0.25, 0.3) is 0 Å². The molecule has 0 saturated heterocycles. The van der Waals surface area contributed by atoms with Crippen molar-refractivity contribution >= 4 is 43.2 Å². The van der Waals surface area contributed by atoms with Crippen LogP contribution in [0.5, 0.6) is 0 Å². The van der Waals surface area contributed by atoms with E-state index in [-0.39, 0.29) is 5.75 Å². The van der Waals surface area contributed by atoms with Crippen molar-refractivity contribution in [1.29, 1.82) is 0 Å². The first-order chi connectivity index (χ1) is 7.94. The summed E-state index contributed by atoms with van der Waals surface area (Å²) < 4.78 is 26.6. The molecule has 0 spiro atoms. The summed E-state index contributed by atoms with van der Waals surface area (Å²) in [6.45, 7) is 0.669. The number of nitrogens with one attached hydrogen (secondary N) is 2. The monoisotopic (exact) mass is 340 g/mol. The average molecular weight is 342 g/mol. The second kappa shape index (κ2) is 6.58. The van der Waals surface area contributed by atoms with E-state index in [1.807, 2.05) is 0 Å². The zero-order valence-electron chi connectivity index (χ0n) is 9.33. The topological polar surface area (TPSA) is 58.2 Å². The molecule has 1 aromatic carbocycles. The Bertz CT molecular complexity index is 479. The van der Waals surface area contributed by atoms with Crippen molar-refractivity contribution in [3.63, 3.8) is 0 Å². The lowest BCUT2D eigenvalue weighted by molar-refractivity contribution is 0.597. The summed E-state index contributed by atoms with van der Waals surface area (Å²) in [6.07, 6.45) is 0.567. The van der Waals surface area contributed by atoms with Crippen LogP contribution in [-0.2, 0) is 10.0 Å². The summed E-state index contributed by atoms with van der Waals surface area (Å²) in [7, 11) is -1.52. The first kappa shape index (κ1) is 14.8. The standard InChI is InChI=1S/C10H14BrClN2O2S/c1-13-5-2-6-17(15,16)14-10-4-3-8(12)7-9(10)11/h3-4,7,13-14H,2,5-6H2,1H3. The number of hydrogen-bond acceptors (Lipinski definition) is 3. The Morgan fingerprint density at radius 1 is 1.41 bits per heavy atom. The number of sulfonamides is 1. The van der Waals surface area contributed by atoms with Crippen molar-refractivity contribution in [2.24, 2.45) is 0 Å². The predicted molar refractivity (Wildman–Crippen MR) is 75.1 cm³/mol. The van der Waals surface area contributed by atoms with E-state index in [1.165, 1.54) is 0 Å². The molecule has 2 N–H and O–H groups in total. The SMILES string of the molecule is CNCCCS(=O)(=O)Nc1ccc(Cl)cc1Br. The van der Waals surface area contributed by atoms with E-state index in [9.17, 15) is 8.42 Å². The van der Waals surface area contributed by atoms with Gasteiger partial charge in [-0.15, -0.1) is 0 Å². The third-order valence-corrected chi connectivity index (χ3v) is 4.28. The number of halogens is 2. The van der Waals surface area contributed by atoms with Crippen LogP contribution in [0.4, 0.5) is 5.69 Å². The van der Waals surface area contributed by atoms with Crippen molar-refractivity contribution < 1.29 is 8.42 Å². The normalized spacial score (nSPS) is 11.5.